The SMILES string of the molecule is CN(C)CCSc1ccc(Br)c(C(=O)O)c1. The molecule has 0 spiro atoms. The molecule has 1 aromatic carbocycles. The lowest BCUT2D eigenvalue weighted by Gasteiger charge is -2.09. The Hall–Kier alpha value is -0.520. The second-order valence-corrected chi connectivity index (χ2v) is 5.62. The van der Waals surface area contributed by atoms with Gasteiger partial charge in [-0.05, 0) is 48.2 Å². The predicted octanol–water partition coefficient (Wildman–Crippen LogP) is 2.80. The van der Waals surface area contributed by atoms with Crippen LogP contribution in [-0.4, -0.2) is 42.4 Å². The lowest BCUT2D eigenvalue weighted by atomic mass is 10.2. The topological polar surface area (TPSA) is 40.5 Å². The van der Waals surface area contributed by atoms with E-state index in [4.69, 9.17) is 5.11 Å². The van der Waals surface area contributed by atoms with E-state index in [9.17, 15) is 4.79 Å². The van der Waals surface area contributed by atoms with Crippen LogP contribution in [0.3, 0.4) is 0 Å². The number of thioether (sulfide) groups is 1. The van der Waals surface area contributed by atoms with E-state index >= 15 is 0 Å². The molecule has 0 fully saturated rings. The number of hydrogen-bond acceptors (Lipinski definition) is 3. The smallest absolute Gasteiger partial charge is 0.336 e. The van der Waals surface area contributed by atoms with Gasteiger partial charge >= 0.3 is 5.97 Å². The third kappa shape index (κ3) is 4.15. The van der Waals surface area contributed by atoms with Crippen molar-refractivity contribution in [3.8, 4) is 0 Å². The van der Waals surface area contributed by atoms with E-state index in [-0.39, 0.29) is 0 Å². The molecule has 1 N–H and O–H groups in total. The molecule has 0 bridgehead atoms. The molecule has 3 nitrogen and oxygen atoms in total. The summed E-state index contributed by atoms with van der Waals surface area (Å²) >= 11 is 4.89. The van der Waals surface area contributed by atoms with Crippen molar-refractivity contribution in [2.24, 2.45) is 0 Å². The number of hydrogen-bond donors (Lipinski definition) is 1. The maximum Gasteiger partial charge on any atom is 0.336 e. The molecule has 0 aliphatic rings. The van der Waals surface area contributed by atoms with Gasteiger partial charge in [-0.25, -0.2) is 4.79 Å². The van der Waals surface area contributed by atoms with Gasteiger partial charge in [0, 0.05) is 21.7 Å². The zero-order valence-electron chi connectivity index (χ0n) is 9.24. The fraction of sp³-hybridized carbons (Fsp3) is 0.364. The summed E-state index contributed by atoms with van der Waals surface area (Å²) < 4.78 is 0.622. The summed E-state index contributed by atoms with van der Waals surface area (Å²) in [4.78, 5) is 14.0. The normalized spacial score (nSPS) is 10.8. The summed E-state index contributed by atoms with van der Waals surface area (Å²) in [6.45, 7) is 0.975. The molecule has 0 unspecified atom stereocenters. The van der Waals surface area contributed by atoms with Gasteiger partial charge in [0.15, 0.2) is 0 Å². The predicted molar refractivity (Wildman–Crippen MR) is 70.4 cm³/mol. The van der Waals surface area contributed by atoms with Gasteiger partial charge < -0.3 is 10.0 Å². The zero-order chi connectivity index (χ0) is 12.1. The molecule has 5 heteroatoms. The van der Waals surface area contributed by atoms with E-state index in [0.29, 0.717) is 10.0 Å². The second-order valence-electron chi connectivity index (χ2n) is 3.60. The van der Waals surface area contributed by atoms with Crippen LogP contribution in [0, 0.1) is 0 Å². The number of rotatable bonds is 5. The van der Waals surface area contributed by atoms with E-state index in [1.54, 1.807) is 23.9 Å². The summed E-state index contributed by atoms with van der Waals surface area (Å²) in [5.74, 6) is 0.0511. The van der Waals surface area contributed by atoms with Crippen LogP contribution in [-0.2, 0) is 0 Å². The first-order valence-electron chi connectivity index (χ1n) is 4.81. The van der Waals surface area contributed by atoms with E-state index in [1.807, 2.05) is 20.2 Å². The third-order valence-electron chi connectivity index (χ3n) is 1.98. The Morgan fingerprint density at radius 3 is 2.75 bits per heavy atom. The average molecular weight is 304 g/mol. The number of carboxylic acids is 1. The summed E-state index contributed by atoms with van der Waals surface area (Å²) in [6.07, 6.45) is 0. The molecule has 0 radical (unpaired) electrons. The Morgan fingerprint density at radius 1 is 1.50 bits per heavy atom. The van der Waals surface area contributed by atoms with Gasteiger partial charge in [-0.2, -0.15) is 0 Å². The Morgan fingerprint density at radius 2 is 2.19 bits per heavy atom. The first-order chi connectivity index (χ1) is 7.50. The highest BCUT2D eigenvalue weighted by Gasteiger charge is 2.08. The molecular weight excluding hydrogens is 290 g/mol. The zero-order valence-corrected chi connectivity index (χ0v) is 11.6. The van der Waals surface area contributed by atoms with Crippen molar-refractivity contribution in [3.63, 3.8) is 0 Å². The quantitative estimate of drug-likeness (QED) is 0.849. The van der Waals surface area contributed by atoms with Crippen molar-refractivity contribution in [1.29, 1.82) is 0 Å². The van der Waals surface area contributed by atoms with E-state index in [1.165, 1.54) is 0 Å². The van der Waals surface area contributed by atoms with Gasteiger partial charge in [-0.3, -0.25) is 0 Å². The minimum Gasteiger partial charge on any atom is -0.478 e. The van der Waals surface area contributed by atoms with Crippen molar-refractivity contribution in [2.45, 2.75) is 4.90 Å². The van der Waals surface area contributed by atoms with Gasteiger partial charge in [0.05, 0.1) is 5.56 Å². The van der Waals surface area contributed by atoms with Crippen molar-refractivity contribution in [2.75, 3.05) is 26.4 Å². The number of halogens is 1. The molecule has 0 heterocycles. The third-order valence-corrected chi connectivity index (χ3v) is 3.64. The second kappa shape index (κ2) is 6.27. The van der Waals surface area contributed by atoms with Crippen molar-refractivity contribution in [1.82, 2.24) is 4.90 Å². The fourth-order valence-electron chi connectivity index (χ4n) is 1.10. The van der Waals surface area contributed by atoms with Crippen LogP contribution in [0.1, 0.15) is 10.4 Å². The molecule has 0 atom stereocenters. The van der Waals surface area contributed by atoms with Gasteiger partial charge in [0.1, 0.15) is 0 Å². The highest BCUT2D eigenvalue weighted by Crippen LogP contribution is 2.24. The molecule has 0 aliphatic carbocycles. The van der Waals surface area contributed by atoms with Crippen LogP contribution in [0.15, 0.2) is 27.6 Å². The van der Waals surface area contributed by atoms with E-state index < -0.39 is 5.97 Å². The lowest BCUT2D eigenvalue weighted by Crippen LogP contribution is -2.14. The monoisotopic (exact) mass is 303 g/mol. The molecule has 0 aliphatic heterocycles. The number of benzene rings is 1. The van der Waals surface area contributed by atoms with Crippen LogP contribution in [0.4, 0.5) is 0 Å². The summed E-state index contributed by atoms with van der Waals surface area (Å²) in [7, 11) is 4.04. The summed E-state index contributed by atoms with van der Waals surface area (Å²) in [5.41, 5.74) is 0.315. The summed E-state index contributed by atoms with van der Waals surface area (Å²) in [6, 6.07) is 5.41. The molecule has 0 aromatic heterocycles. The number of nitrogens with zero attached hydrogens (tertiary/aromatic N) is 1. The molecule has 0 amide bonds. The van der Waals surface area contributed by atoms with Crippen LogP contribution >= 0.6 is 27.7 Å². The van der Waals surface area contributed by atoms with Crippen molar-refractivity contribution >= 4 is 33.7 Å². The Balaban J connectivity index is 2.68. The molecule has 1 aromatic rings. The minimum absolute atomic E-state index is 0.315. The largest absolute Gasteiger partial charge is 0.478 e. The minimum atomic E-state index is -0.901. The average Bonchev–Trinajstić information content (AvgIpc) is 2.19. The van der Waals surface area contributed by atoms with Gasteiger partial charge in [0.25, 0.3) is 0 Å². The fourth-order valence-corrected chi connectivity index (χ4v) is 2.58. The Kier molecular flexibility index (Phi) is 5.31. The van der Waals surface area contributed by atoms with Crippen LogP contribution in [0.2, 0.25) is 0 Å². The van der Waals surface area contributed by atoms with Gasteiger partial charge in [0.2, 0.25) is 0 Å². The highest BCUT2D eigenvalue weighted by molar-refractivity contribution is 9.10. The van der Waals surface area contributed by atoms with Crippen LogP contribution in [0.5, 0.6) is 0 Å². The molecule has 0 saturated carbocycles. The molecule has 0 saturated heterocycles. The first-order valence-corrected chi connectivity index (χ1v) is 6.59. The van der Waals surface area contributed by atoms with Crippen LogP contribution in [0.25, 0.3) is 0 Å². The Labute approximate surface area is 108 Å². The molecule has 16 heavy (non-hydrogen) atoms. The van der Waals surface area contributed by atoms with Gasteiger partial charge in [-0.15, -0.1) is 11.8 Å². The molecule has 1 rings (SSSR count). The summed E-state index contributed by atoms with van der Waals surface area (Å²) in [5, 5.41) is 8.96. The Bertz CT molecular complexity index is 382. The highest BCUT2D eigenvalue weighted by atomic mass is 79.9. The maximum absolute atomic E-state index is 10.9. The van der Waals surface area contributed by atoms with E-state index in [2.05, 4.69) is 20.8 Å². The number of carbonyl (C=O) groups is 1. The molecular formula is C11H14BrNO2S. The maximum atomic E-state index is 10.9. The van der Waals surface area contributed by atoms with Gasteiger partial charge in [-0.1, -0.05) is 0 Å². The number of carboxylic acid groups (broad SMARTS) is 1. The number of aromatic carboxylic acids is 1. The van der Waals surface area contributed by atoms with Crippen LogP contribution < -0.4 is 0 Å². The lowest BCUT2D eigenvalue weighted by molar-refractivity contribution is 0.0695. The van der Waals surface area contributed by atoms with Crippen molar-refractivity contribution < 1.29 is 9.90 Å². The van der Waals surface area contributed by atoms with Crippen molar-refractivity contribution in [3.05, 3.63) is 28.2 Å². The molecule has 88 valence electrons. The van der Waals surface area contributed by atoms with E-state index in [0.717, 1.165) is 17.2 Å². The first kappa shape index (κ1) is 13.5. The standard InChI is InChI=1S/C11H14BrNO2S/c1-13(2)5-6-16-8-3-4-10(12)9(7-8)11(14)15/h3-4,7H,5-6H2,1-2H3,(H,14,15).